The second-order valence-electron chi connectivity index (χ2n) is 5.26. The maximum Gasteiger partial charge on any atom is 0.134 e. The van der Waals surface area contributed by atoms with Crippen molar-refractivity contribution < 1.29 is 4.42 Å². The topological polar surface area (TPSA) is 13.1 Å². The van der Waals surface area contributed by atoms with E-state index in [-0.39, 0.29) is 0 Å². The van der Waals surface area contributed by atoms with Crippen LogP contribution in [-0.4, -0.2) is 0 Å². The minimum absolute atomic E-state index is 0.908. The Labute approximate surface area is 125 Å². The molecule has 104 valence electrons. The zero-order chi connectivity index (χ0) is 14.5. The van der Waals surface area contributed by atoms with E-state index < -0.39 is 0 Å². The summed E-state index contributed by atoms with van der Waals surface area (Å²) in [6.45, 7) is 2.15. The van der Waals surface area contributed by atoms with Crippen LogP contribution in [0.3, 0.4) is 0 Å². The Morgan fingerprint density at radius 1 is 0.952 bits per heavy atom. The second-order valence-corrected chi connectivity index (χ2v) is 5.26. The number of hydrogen-bond acceptors (Lipinski definition) is 1. The zero-order valence-electron chi connectivity index (χ0n) is 12.1. The predicted octanol–water partition coefficient (Wildman–Crippen LogP) is 5.59. The standard InChI is InChI=1S/C20H18O/c1-16(12-17-8-4-2-5-9-17)13-18-14-20(21-15-18)19-10-6-3-7-11-19/h2-12,14-15H,13H2,1H3/b16-12-. The van der Waals surface area contributed by atoms with Crippen molar-refractivity contribution in [3.05, 3.63) is 89.7 Å². The van der Waals surface area contributed by atoms with Crippen LogP contribution >= 0.6 is 0 Å². The van der Waals surface area contributed by atoms with Gasteiger partial charge in [-0.2, -0.15) is 0 Å². The molecule has 3 aromatic rings. The highest BCUT2D eigenvalue weighted by Crippen LogP contribution is 2.23. The van der Waals surface area contributed by atoms with Crippen molar-refractivity contribution in [1.82, 2.24) is 0 Å². The largest absolute Gasteiger partial charge is 0.464 e. The maximum absolute atomic E-state index is 5.67. The maximum atomic E-state index is 5.67. The lowest BCUT2D eigenvalue weighted by Crippen LogP contribution is -1.84. The van der Waals surface area contributed by atoms with Crippen molar-refractivity contribution in [1.29, 1.82) is 0 Å². The molecule has 21 heavy (non-hydrogen) atoms. The van der Waals surface area contributed by atoms with Gasteiger partial charge in [-0.1, -0.05) is 72.3 Å². The Bertz CT molecular complexity index is 721. The molecule has 0 fully saturated rings. The van der Waals surface area contributed by atoms with Gasteiger partial charge in [0.15, 0.2) is 0 Å². The van der Waals surface area contributed by atoms with Crippen LogP contribution in [0.5, 0.6) is 0 Å². The van der Waals surface area contributed by atoms with E-state index in [1.54, 1.807) is 0 Å². The van der Waals surface area contributed by atoms with Gasteiger partial charge in [0, 0.05) is 5.56 Å². The van der Waals surface area contributed by atoms with Crippen molar-refractivity contribution in [2.75, 3.05) is 0 Å². The normalized spacial score (nSPS) is 11.6. The molecule has 0 radical (unpaired) electrons. The second kappa shape index (κ2) is 6.27. The van der Waals surface area contributed by atoms with Crippen molar-refractivity contribution in [2.45, 2.75) is 13.3 Å². The Hall–Kier alpha value is -2.54. The molecule has 3 rings (SSSR count). The van der Waals surface area contributed by atoms with Gasteiger partial charge in [-0.15, -0.1) is 0 Å². The van der Waals surface area contributed by atoms with E-state index in [0.717, 1.165) is 17.7 Å². The molecule has 0 unspecified atom stereocenters. The van der Waals surface area contributed by atoms with Crippen molar-refractivity contribution in [2.24, 2.45) is 0 Å². The molecule has 0 aliphatic heterocycles. The van der Waals surface area contributed by atoms with Crippen molar-refractivity contribution in [3.63, 3.8) is 0 Å². The van der Waals surface area contributed by atoms with E-state index in [4.69, 9.17) is 4.42 Å². The summed E-state index contributed by atoms with van der Waals surface area (Å²) in [6.07, 6.45) is 4.98. The molecule has 0 atom stereocenters. The fourth-order valence-corrected chi connectivity index (χ4v) is 2.43. The van der Waals surface area contributed by atoms with Gasteiger partial charge >= 0.3 is 0 Å². The summed E-state index contributed by atoms with van der Waals surface area (Å²) in [7, 11) is 0. The molecular formula is C20H18O. The van der Waals surface area contributed by atoms with E-state index >= 15 is 0 Å². The fraction of sp³-hybridized carbons (Fsp3) is 0.100. The van der Waals surface area contributed by atoms with Gasteiger partial charge in [0.2, 0.25) is 0 Å². The van der Waals surface area contributed by atoms with Crippen LogP contribution in [0, 0.1) is 0 Å². The number of rotatable bonds is 4. The SMILES string of the molecule is C/C(=C/c1ccccc1)Cc1coc(-c2ccccc2)c1. The molecule has 0 aliphatic rings. The van der Waals surface area contributed by atoms with Crippen molar-refractivity contribution >= 4 is 6.08 Å². The zero-order valence-corrected chi connectivity index (χ0v) is 12.1. The average Bonchev–Trinajstić information content (AvgIpc) is 2.97. The molecule has 1 nitrogen and oxygen atoms in total. The Morgan fingerprint density at radius 2 is 1.62 bits per heavy atom. The number of furan rings is 1. The first-order valence-corrected chi connectivity index (χ1v) is 7.16. The molecule has 0 aliphatic carbocycles. The molecule has 0 N–H and O–H groups in total. The summed E-state index contributed by atoms with van der Waals surface area (Å²) in [5.74, 6) is 0.929. The third kappa shape index (κ3) is 3.51. The summed E-state index contributed by atoms with van der Waals surface area (Å²) in [5.41, 5.74) is 4.88. The molecule has 0 bridgehead atoms. The monoisotopic (exact) mass is 274 g/mol. The number of hydrogen-bond donors (Lipinski definition) is 0. The minimum atomic E-state index is 0.908. The Morgan fingerprint density at radius 3 is 2.33 bits per heavy atom. The first-order chi connectivity index (χ1) is 10.3. The molecule has 0 saturated carbocycles. The molecule has 0 amide bonds. The minimum Gasteiger partial charge on any atom is -0.464 e. The number of allylic oxidation sites excluding steroid dienone is 1. The van der Waals surface area contributed by atoms with E-state index in [1.807, 2.05) is 30.5 Å². The summed E-state index contributed by atoms with van der Waals surface area (Å²) < 4.78 is 5.67. The van der Waals surface area contributed by atoms with E-state index in [0.29, 0.717) is 0 Å². The van der Waals surface area contributed by atoms with Crippen LogP contribution < -0.4 is 0 Å². The Kier molecular flexibility index (Phi) is 4.02. The van der Waals surface area contributed by atoms with Gasteiger partial charge in [-0.3, -0.25) is 0 Å². The van der Waals surface area contributed by atoms with Crippen LogP contribution in [-0.2, 0) is 6.42 Å². The molecular weight excluding hydrogens is 256 g/mol. The highest BCUT2D eigenvalue weighted by atomic mass is 16.3. The predicted molar refractivity (Wildman–Crippen MR) is 87.9 cm³/mol. The van der Waals surface area contributed by atoms with Gasteiger partial charge in [0.25, 0.3) is 0 Å². The lowest BCUT2D eigenvalue weighted by Gasteiger charge is -1.99. The van der Waals surface area contributed by atoms with Gasteiger partial charge in [0.1, 0.15) is 5.76 Å². The quantitative estimate of drug-likeness (QED) is 0.604. The summed E-state index contributed by atoms with van der Waals surface area (Å²) in [5, 5.41) is 0. The van der Waals surface area contributed by atoms with Crippen LogP contribution in [0.15, 0.2) is 83.0 Å². The summed E-state index contributed by atoms with van der Waals surface area (Å²) in [4.78, 5) is 0. The van der Waals surface area contributed by atoms with Gasteiger partial charge in [0.05, 0.1) is 6.26 Å². The fourth-order valence-electron chi connectivity index (χ4n) is 2.43. The first kappa shape index (κ1) is 13.4. The summed E-state index contributed by atoms with van der Waals surface area (Å²) in [6, 6.07) is 22.7. The smallest absolute Gasteiger partial charge is 0.134 e. The van der Waals surface area contributed by atoms with Crippen LogP contribution in [0.2, 0.25) is 0 Å². The van der Waals surface area contributed by atoms with Crippen LogP contribution in [0.4, 0.5) is 0 Å². The van der Waals surface area contributed by atoms with Gasteiger partial charge in [-0.25, -0.2) is 0 Å². The lowest BCUT2D eigenvalue weighted by atomic mass is 10.1. The highest BCUT2D eigenvalue weighted by molar-refractivity contribution is 5.58. The van der Waals surface area contributed by atoms with Crippen molar-refractivity contribution in [3.8, 4) is 11.3 Å². The molecule has 1 aromatic heterocycles. The third-order valence-corrected chi connectivity index (χ3v) is 3.41. The van der Waals surface area contributed by atoms with E-state index in [9.17, 15) is 0 Å². The molecule has 1 heteroatoms. The molecule has 0 spiro atoms. The summed E-state index contributed by atoms with van der Waals surface area (Å²) >= 11 is 0. The highest BCUT2D eigenvalue weighted by Gasteiger charge is 2.04. The third-order valence-electron chi connectivity index (χ3n) is 3.41. The van der Waals surface area contributed by atoms with E-state index in [2.05, 4.69) is 55.5 Å². The van der Waals surface area contributed by atoms with E-state index in [1.165, 1.54) is 16.7 Å². The van der Waals surface area contributed by atoms with Gasteiger partial charge < -0.3 is 4.42 Å². The van der Waals surface area contributed by atoms with Gasteiger partial charge in [-0.05, 0) is 30.5 Å². The average molecular weight is 274 g/mol. The first-order valence-electron chi connectivity index (χ1n) is 7.16. The molecule has 1 heterocycles. The Balaban J connectivity index is 1.74. The van der Waals surface area contributed by atoms with Crippen LogP contribution in [0.1, 0.15) is 18.1 Å². The molecule has 0 saturated heterocycles. The lowest BCUT2D eigenvalue weighted by molar-refractivity contribution is 0.579. The number of benzene rings is 2. The molecule has 2 aromatic carbocycles. The van der Waals surface area contributed by atoms with Crippen LogP contribution in [0.25, 0.3) is 17.4 Å².